The highest BCUT2D eigenvalue weighted by atomic mass is 19.1. The summed E-state index contributed by atoms with van der Waals surface area (Å²) in [6.45, 7) is 3.36. The molecule has 1 aliphatic heterocycles. The molecule has 0 radical (unpaired) electrons. The van der Waals surface area contributed by atoms with Gasteiger partial charge in [0.05, 0.1) is 0 Å². The van der Waals surface area contributed by atoms with Gasteiger partial charge in [-0.1, -0.05) is 24.2 Å². The number of aryl methyl sites for hydroxylation is 1. The second-order valence-corrected chi connectivity index (χ2v) is 6.27. The van der Waals surface area contributed by atoms with Crippen molar-refractivity contribution in [3.05, 3.63) is 47.5 Å². The van der Waals surface area contributed by atoms with Crippen LogP contribution in [0.5, 0.6) is 0 Å². The smallest absolute Gasteiger partial charge is 0.325 e. The molecule has 1 aromatic carbocycles. The lowest BCUT2D eigenvalue weighted by Gasteiger charge is -2.25. The molecule has 2 aromatic rings. The molecule has 1 aromatic heterocycles. The lowest BCUT2D eigenvalue weighted by atomic mass is 9.87. The van der Waals surface area contributed by atoms with E-state index in [1.807, 2.05) is 0 Å². The zero-order valence-electron chi connectivity index (χ0n) is 14.9. The summed E-state index contributed by atoms with van der Waals surface area (Å²) in [6.07, 6.45) is 0.207. The SMILES string of the molecule is CCC1(c2ccc(F)cc2)NC(=O)N(CCC(=O)Nc2cc(C)on2)C1=O. The molecule has 1 saturated heterocycles. The predicted molar refractivity (Wildman–Crippen MR) is 93.1 cm³/mol. The number of hydrogen-bond donors (Lipinski definition) is 2. The number of nitrogens with zero attached hydrogens (tertiary/aromatic N) is 2. The molecule has 1 fully saturated rings. The van der Waals surface area contributed by atoms with Crippen molar-refractivity contribution in [1.82, 2.24) is 15.4 Å². The van der Waals surface area contributed by atoms with Crippen LogP contribution in [0, 0.1) is 12.7 Å². The molecule has 142 valence electrons. The lowest BCUT2D eigenvalue weighted by molar-refractivity contribution is -0.132. The Morgan fingerprint density at radius 2 is 2.04 bits per heavy atom. The van der Waals surface area contributed by atoms with Gasteiger partial charge < -0.3 is 15.2 Å². The molecule has 0 aliphatic carbocycles. The quantitative estimate of drug-likeness (QED) is 0.755. The van der Waals surface area contributed by atoms with Crippen molar-refractivity contribution in [2.24, 2.45) is 0 Å². The van der Waals surface area contributed by atoms with Crippen LogP contribution in [0.25, 0.3) is 0 Å². The summed E-state index contributed by atoms with van der Waals surface area (Å²) in [5.74, 6) is -0.486. The van der Waals surface area contributed by atoms with Gasteiger partial charge in [0.25, 0.3) is 5.91 Å². The summed E-state index contributed by atoms with van der Waals surface area (Å²) in [5.41, 5.74) is -0.764. The van der Waals surface area contributed by atoms with E-state index in [1.54, 1.807) is 19.9 Å². The highest BCUT2D eigenvalue weighted by Gasteiger charge is 2.51. The van der Waals surface area contributed by atoms with E-state index in [1.165, 1.54) is 24.3 Å². The molecule has 3 rings (SSSR count). The minimum absolute atomic E-state index is 0.0870. The van der Waals surface area contributed by atoms with Crippen molar-refractivity contribution >= 4 is 23.7 Å². The average molecular weight is 374 g/mol. The van der Waals surface area contributed by atoms with Crippen molar-refractivity contribution in [3.63, 3.8) is 0 Å². The van der Waals surface area contributed by atoms with Gasteiger partial charge in [-0.3, -0.25) is 14.5 Å². The summed E-state index contributed by atoms with van der Waals surface area (Å²) in [6, 6.07) is 6.39. The van der Waals surface area contributed by atoms with Crippen molar-refractivity contribution < 1.29 is 23.3 Å². The Balaban J connectivity index is 1.69. The number of hydrogen-bond acceptors (Lipinski definition) is 5. The summed E-state index contributed by atoms with van der Waals surface area (Å²) >= 11 is 0. The second kappa shape index (κ2) is 7.18. The minimum Gasteiger partial charge on any atom is -0.360 e. The number of anilines is 1. The van der Waals surface area contributed by atoms with E-state index < -0.39 is 29.2 Å². The van der Waals surface area contributed by atoms with Crippen LogP contribution in [0.2, 0.25) is 0 Å². The predicted octanol–water partition coefficient (Wildman–Crippen LogP) is 2.31. The highest BCUT2D eigenvalue weighted by molar-refractivity contribution is 6.07. The number of amides is 4. The topological polar surface area (TPSA) is 105 Å². The van der Waals surface area contributed by atoms with Crippen LogP contribution < -0.4 is 10.6 Å². The summed E-state index contributed by atoms with van der Waals surface area (Å²) in [7, 11) is 0. The van der Waals surface area contributed by atoms with Gasteiger partial charge in [0, 0.05) is 19.0 Å². The van der Waals surface area contributed by atoms with Crippen LogP contribution in [0.1, 0.15) is 31.1 Å². The Morgan fingerprint density at radius 1 is 1.33 bits per heavy atom. The van der Waals surface area contributed by atoms with Crippen molar-refractivity contribution in [2.45, 2.75) is 32.2 Å². The van der Waals surface area contributed by atoms with Crippen LogP contribution in [-0.4, -0.2) is 34.4 Å². The fourth-order valence-electron chi connectivity index (χ4n) is 3.05. The van der Waals surface area contributed by atoms with Gasteiger partial charge in [-0.15, -0.1) is 0 Å². The average Bonchev–Trinajstić information content (AvgIpc) is 3.15. The molecule has 0 bridgehead atoms. The zero-order valence-corrected chi connectivity index (χ0v) is 14.9. The highest BCUT2D eigenvalue weighted by Crippen LogP contribution is 2.32. The van der Waals surface area contributed by atoms with Gasteiger partial charge in [0.2, 0.25) is 5.91 Å². The first kappa shape index (κ1) is 18.6. The summed E-state index contributed by atoms with van der Waals surface area (Å²) in [5, 5.41) is 8.87. The van der Waals surface area contributed by atoms with E-state index in [9.17, 15) is 18.8 Å². The van der Waals surface area contributed by atoms with E-state index in [4.69, 9.17) is 4.52 Å². The maximum absolute atomic E-state index is 13.2. The molecule has 27 heavy (non-hydrogen) atoms. The molecule has 1 unspecified atom stereocenters. The summed E-state index contributed by atoms with van der Waals surface area (Å²) in [4.78, 5) is 38.3. The molecular formula is C18H19FN4O4. The van der Waals surface area contributed by atoms with Gasteiger partial charge in [-0.2, -0.15) is 0 Å². The number of urea groups is 1. The molecule has 0 saturated carbocycles. The Bertz CT molecular complexity index is 880. The van der Waals surface area contributed by atoms with Gasteiger partial charge in [-0.05, 0) is 31.0 Å². The van der Waals surface area contributed by atoms with E-state index in [2.05, 4.69) is 15.8 Å². The fourth-order valence-corrected chi connectivity index (χ4v) is 3.05. The van der Waals surface area contributed by atoms with E-state index in [0.29, 0.717) is 17.7 Å². The first-order valence-corrected chi connectivity index (χ1v) is 8.49. The summed E-state index contributed by atoms with van der Waals surface area (Å²) < 4.78 is 18.1. The van der Waals surface area contributed by atoms with E-state index in [0.717, 1.165) is 4.90 Å². The molecule has 1 atom stereocenters. The van der Waals surface area contributed by atoms with E-state index >= 15 is 0 Å². The third-order valence-electron chi connectivity index (χ3n) is 4.50. The Labute approximate surface area is 154 Å². The Kier molecular flexibility index (Phi) is 4.93. The number of aromatic nitrogens is 1. The maximum Gasteiger partial charge on any atom is 0.325 e. The van der Waals surface area contributed by atoms with Gasteiger partial charge >= 0.3 is 6.03 Å². The largest absolute Gasteiger partial charge is 0.360 e. The molecule has 8 nitrogen and oxygen atoms in total. The first-order chi connectivity index (χ1) is 12.9. The number of halogens is 1. The van der Waals surface area contributed by atoms with Crippen LogP contribution in [0.4, 0.5) is 15.0 Å². The molecule has 9 heteroatoms. The van der Waals surface area contributed by atoms with Gasteiger partial charge in [0.15, 0.2) is 5.82 Å². The van der Waals surface area contributed by atoms with Crippen molar-refractivity contribution in [3.8, 4) is 0 Å². The van der Waals surface area contributed by atoms with Gasteiger partial charge in [-0.25, -0.2) is 9.18 Å². The Hall–Kier alpha value is -3.23. The van der Waals surface area contributed by atoms with Crippen LogP contribution in [0.3, 0.4) is 0 Å². The molecule has 0 spiro atoms. The van der Waals surface area contributed by atoms with Gasteiger partial charge in [0.1, 0.15) is 17.1 Å². The zero-order chi connectivity index (χ0) is 19.6. The van der Waals surface area contributed by atoms with Crippen LogP contribution in [-0.2, 0) is 15.1 Å². The van der Waals surface area contributed by atoms with Crippen molar-refractivity contribution in [1.29, 1.82) is 0 Å². The maximum atomic E-state index is 13.2. The van der Waals surface area contributed by atoms with E-state index in [-0.39, 0.29) is 18.8 Å². The number of benzene rings is 1. The second-order valence-electron chi connectivity index (χ2n) is 6.27. The molecule has 2 heterocycles. The standard InChI is InChI=1S/C18H19FN4O4/c1-3-18(12-4-6-13(19)7-5-12)16(25)23(17(26)21-18)9-8-15(24)20-14-10-11(2)27-22-14/h4-7,10H,3,8-9H2,1-2H3,(H,21,26)(H,20,22,24). The molecular weight excluding hydrogens is 355 g/mol. The first-order valence-electron chi connectivity index (χ1n) is 8.49. The van der Waals surface area contributed by atoms with Crippen LogP contribution in [0.15, 0.2) is 34.9 Å². The van der Waals surface area contributed by atoms with Crippen molar-refractivity contribution in [2.75, 3.05) is 11.9 Å². The number of carbonyl (C=O) groups excluding carboxylic acids is 3. The number of carbonyl (C=O) groups is 3. The third kappa shape index (κ3) is 3.53. The fraction of sp³-hybridized carbons (Fsp3) is 0.333. The third-order valence-corrected chi connectivity index (χ3v) is 4.50. The van der Waals surface area contributed by atoms with Crippen LogP contribution >= 0.6 is 0 Å². The number of imide groups is 1. The minimum atomic E-state index is -1.26. The molecule has 2 N–H and O–H groups in total. The molecule has 4 amide bonds. The number of nitrogens with one attached hydrogen (secondary N) is 2. The lowest BCUT2D eigenvalue weighted by Crippen LogP contribution is -2.43. The number of rotatable bonds is 6. The monoisotopic (exact) mass is 374 g/mol. The normalized spacial score (nSPS) is 19.3. The molecule has 1 aliphatic rings. The Morgan fingerprint density at radius 3 is 2.63 bits per heavy atom.